The highest BCUT2D eigenvalue weighted by molar-refractivity contribution is 9.10. The number of nitrogens with one attached hydrogen (secondary N) is 1. The van der Waals surface area contributed by atoms with E-state index in [2.05, 4.69) is 26.2 Å². The molecule has 156 valence electrons. The molecule has 2 heterocycles. The van der Waals surface area contributed by atoms with Crippen molar-refractivity contribution in [2.45, 2.75) is 6.04 Å². The van der Waals surface area contributed by atoms with Crippen molar-refractivity contribution in [2.75, 3.05) is 31.8 Å². The molecule has 0 saturated heterocycles. The average Bonchev–Trinajstić information content (AvgIpc) is 2.76. The standard InChI is InChI=1S/C21H20BrN3O5/c1-29-17-7-6-12(10-15(17)22)18-14-11-25(21(28)30-9-8-26)16-5-3-2-4-13(16)19(14)24-20(27)23-18/h2-7,10,14,18,26H,8-9,11H2,1H3,(H,23,27). The molecular formula is C21H20BrN3O5. The lowest BCUT2D eigenvalue weighted by Gasteiger charge is -2.40. The van der Waals surface area contributed by atoms with Crippen LogP contribution in [0.3, 0.4) is 0 Å². The number of benzene rings is 2. The Bertz CT molecular complexity index is 1030. The van der Waals surface area contributed by atoms with E-state index in [9.17, 15) is 9.59 Å². The van der Waals surface area contributed by atoms with Crippen molar-refractivity contribution in [3.05, 3.63) is 58.1 Å². The van der Waals surface area contributed by atoms with Gasteiger partial charge in [0.15, 0.2) is 0 Å². The summed E-state index contributed by atoms with van der Waals surface area (Å²) < 4.78 is 11.2. The van der Waals surface area contributed by atoms with Crippen LogP contribution in [0.5, 0.6) is 5.75 Å². The number of ether oxygens (including phenoxy) is 2. The predicted octanol–water partition coefficient (Wildman–Crippen LogP) is 3.28. The van der Waals surface area contributed by atoms with Crippen LogP contribution in [0, 0.1) is 5.92 Å². The fourth-order valence-corrected chi connectivity index (χ4v) is 4.42. The first-order chi connectivity index (χ1) is 14.5. The van der Waals surface area contributed by atoms with Crippen LogP contribution in [0.25, 0.3) is 0 Å². The number of nitrogens with zero attached hydrogens (tertiary/aromatic N) is 2. The Morgan fingerprint density at radius 3 is 2.87 bits per heavy atom. The second-order valence-electron chi connectivity index (χ2n) is 6.89. The summed E-state index contributed by atoms with van der Waals surface area (Å²) in [6, 6.07) is 12.1. The third-order valence-electron chi connectivity index (χ3n) is 5.18. The van der Waals surface area contributed by atoms with E-state index in [1.807, 2.05) is 36.4 Å². The first-order valence-corrected chi connectivity index (χ1v) is 10.2. The minimum absolute atomic E-state index is 0.0886. The van der Waals surface area contributed by atoms with Crippen molar-refractivity contribution in [2.24, 2.45) is 10.9 Å². The Morgan fingerprint density at radius 1 is 1.33 bits per heavy atom. The van der Waals surface area contributed by atoms with Crippen molar-refractivity contribution in [3.63, 3.8) is 0 Å². The van der Waals surface area contributed by atoms with E-state index in [1.54, 1.807) is 13.2 Å². The largest absolute Gasteiger partial charge is 0.496 e. The van der Waals surface area contributed by atoms with Gasteiger partial charge in [0, 0.05) is 18.0 Å². The number of hydrogen-bond acceptors (Lipinski definition) is 5. The Hall–Kier alpha value is -2.91. The maximum atomic E-state index is 12.7. The normalized spacial score (nSPS) is 19.9. The number of para-hydroxylation sites is 1. The van der Waals surface area contributed by atoms with Crippen LogP contribution >= 0.6 is 15.9 Å². The summed E-state index contributed by atoms with van der Waals surface area (Å²) in [6.07, 6.45) is -0.554. The van der Waals surface area contributed by atoms with Gasteiger partial charge < -0.3 is 19.9 Å². The summed E-state index contributed by atoms with van der Waals surface area (Å²) in [7, 11) is 1.58. The average molecular weight is 474 g/mol. The van der Waals surface area contributed by atoms with Crippen molar-refractivity contribution >= 4 is 39.5 Å². The molecule has 30 heavy (non-hydrogen) atoms. The maximum absolute atomic E-state index is 12.7. The minimum atomic E-state index is -0.554. The fraction of sp³-hybridized carbons (Fsp3) is 0.286. The number of carbonyl (C=O) groups is 2. The quantitative estimate of drug-likeness (QED) is 0.709. The number of rotatable bonds is 4. The predicted molar refractivity (Wildman–Crippen MR) is 114 cm³/mol. The topological polar surface area (TPSA) is 100 Å². The summed E-state index contributed by atoms with van der Waals surface area (Å²) in [6.45, 7) is -0.0701. The Morgan fingerprint density at radius 2 is 2.13 bits per heavy atom. The molecule has 2 aromatic rings. The Labute approximate surface area is 181 Å². The molecule has 0 spiro atoms. The maximum Gasteiger partial charge on any atom is 0.414 e. The van der Waals surface area contributed by atoms with Crippen LogP contribution in [-0.2, 0) is 4.74 Å². The summed E-state index contributed by atoms with van der Waals surface area (Å²) in [5.74, 6) is 0.401. The van der Waals surface area contributed by atoms with Gasteiger partial charge >= 0.3 is 12.1 Å². The Balaban J connectivity index is 1.77. The molecular weight excluding hydrogens is 454 g/mol. The molecule has 9 heteroatoms. The van der Waals surface area contributed by atoms with Gasteiger partial charge in [-0.2, -0.15) is 4.99 Å². The van der Waals surface area contributed by atoms with E-state index < -0.39 is 18.2 Å². The third kappa shape index (κ3) is 3.66. The number of aliphatic hydroxyl groups is 1. The molecule has 0 saturated carbocycles. The second kappa shape index (κ2) is 8.45. The number of carbonyl (C=O) groups excluding carboxylic acids is 2. The lowest BCUT2D eigenvalue weighted by molar-refractivity contribution is 0.124. The van der Waals surface area contributed by atoms with Crippen LogP contribution in [-0.4, -0.2) is 49.8 Å². The summed E-state index contributed by atoms with van der Waals surface area (Å²) in [5.41, 5.74) is 2.83. The van der Waals surface area contributed by atoms with Crippen molar-refractivity contribution in [1.29, 1.82) is 0 Å². The van der Waals surface area contributed by atoms with E-state index in [-0.39, 0.29) is 25.7 Å². The van der Waals surface area contributed by atoms with Crippen LogP contribution in [0.2, 0.25) is 0 Å². The van der Waals surface area contributed by atoms with E-state index in [0.29, 0.717) is 22.7 Å². The molecule has 2 N–H and O–H groups in total. The van der Waals surface area contributed by atoms with Gasteiger partial charge in [0.25, 0.3) is 0 Å². The molecule has 2 atom stereocenters. The van der Waals surface area contributed by atoms with Gasteiger partial charge in [-0.15, -0.1) is 0 Å². The number of amides is 3. The number of fused-ring (bicyclic) bond motifs is 3. The number of methoxy groups -OCH3 is 1. The number of anilines is 1. The number of hydrogen-bond donors (Lipinski definition) is 2. The summed E-state index contributed by atoms with van der Waals surface area (Å²) >= 11 is 3.49. The smallest absolute Gasteiger partial charge is 0.414 e. The first-order valence-electron chi connectivity index (χ1n) is 9.40. The van der Waals surface area contributed by atoms with Crippen molar-refractivity contribution in [1.82, 2.24) is 5.32 Å². The number of halogens is 1. The molecule has 0 aromatic heterocycles. The minimum Gasteiger partial charge on any atom is -0.496 e. The van der Waals surface area contributed by atoms with Gasteiger partial charge in [-0.05, 0) is 39.7 Å². The molecule has 0 fully saturated rings. The lowest BCUT2D eigenvalue weighted by Crippen LogP contribution is -2.51. The summed E-state index contributed by atoms with van der Waals surface area (Å²) in [5, 5.41) is 11.9. The van der Waals surface area contributed by atoms with Gasteiger partial charge in [0.1, 0.15) is 12.4 Å². The second-order valence-corrected chi connectivity index (χ2v) is 7.74. The number of aliphatic hydroxyl groups excluding tert-OH is 1. The molecule has 2 aliphatic rings. The zero-order valence-electron chi connectivity index (χ0n) is 16.2. The van der Waals surface area contributed by atoms with Crippen LogP contribution in [0.15, 0.2) is 51.9 Å². The zero-order valence-corrected chi connectivity index (χ0v) is 17.8. The van der Waals surface area contributed by atoms with Crippen LogP contribution in [0.4, 0.5) is 15.3 Å². The van der Waals surface area contributed by atoms with Gasteiger partial charge in [0.05, 0.1) is 35.6 Å². The SMILES string of the molecule is COc1ccc(C2NC(=O)N=C3c4ccccc4N(C(=O)OCCO)CC32)cc1Br. The third-order valence-corrected chi connectivity index (χ3v) is 5.80. The van der Waals surface area contributed by atoms with Crippen LogP contribution < -0.4 is 15.0 Å². The van der Waals surface area contributed by atoms with Crippen molar-refractivity contribution < 1.29 is 24.2 Å². The first kappa shape index (κ1) is 20.4. The van der Waals surface area contributed by atoms with E-state index in [1.165, 1.54) is 4.90 Å². The van der Waals surface area contributed by atoms with Gasteiger partial charge in [-0.1, -0.05) is 24.3 Å². The molecule has 2 unspecified atom stereocenters. The highest BCUT2D eigenvalue weighted by atomic mass is 79.9. The summed E-state index contributed by atoms with van der Waals surface area (Å²) in [4.78, 5) is 30.9. The fourth-order valence-electron chi connectivity index (χ4n) is 3.86. The highest BCUT2D eigenvalue weighted by Gasteiger charge is 2.42. The van der Waals surface area contributed by atoms with Gasteiger partial charge in [-0.25, -0.2) is 9.59 Å². The molecule has 0 radical (unpaired) electrons. The molecule has 0 bridgehead atoms. The molecule has 0 aliphatic carbocycles. The number of aliphatic imine (C=N–C) groups is 1. The molecule has 3 amide bonds. The van der Waals surface area contributed by atoms with Gasteiger partial charge in [0.2, 0.25) is 0 Å². The van der Waals surface area contributed by atoms with E-state index in [4.69, 9.17) is 14.6 Å². The lowest BCUT2D eigenvalue weighted by atomic mass is 9.81. The van der Waals surface area contributed by atoms with Crippen LogP contribution in [0.1, 0.15) is 17.2 Å². The van der Waals surface area contributed by atoms with Crippen molar-refractivity contribution in [3.8, 4) is 5.75 Å². The monoisotopic (exact) mass is 473 g/mol. The molecule has 2 aromatic carbocycles. The number of urea groups is 1. The molecule has 8 nitrogen and oxygen atoms in total. The van der Waals surface area contributed by atoms with E-state index in [0.717, 1.165) is 10.0 Å². The highest BCUT2D eigenvalue weighted by Crippen LogP contribution is 2.39. The van der Waals surface area contributed by atoms with E-state index >= 15 is 0 Å². The zero-order chi connectivity index (χ0) is 21.3. The molecule has 2 aliphatic heterocycles. The Kier molecular flexibility index (Phi) is 5.74. The van der Waals surface area contributed by atoms with Gasteiger partial charge in [-0.3, -0.25) is 4.90 Å². The molecule has 4 rings (SSSR count).